The van der Waals surface area contributed by atoms with Crippen LogP contribution in [0.5, 0.6) is 0 Å². The van der Waals surface area contributed by atoms with Crippen LogP contribution in [0.1, 0.15) is 11.7 Å². The molecule has 1 fully saturated rings. The van der Waals surface area contributed by atoms with E-state index >= 15 is 0 Å². The normalized spacial score (nSPS) is 18.2. The lowest BCUT2D eigenvalue weighted by Gasteiger charge is -2.34. The topological polar surface area (TPSA) is 76.3 Å². The van der Waals surface area contributed by atoms with Crippen LogP contribution in [0, 0.1) is 0 Å². The predicted octanol–water partition coefficient (Wildman–Crippen LogP) is 1.40. The number of anilines is 1. The molecule has 1 N–H and O–H groups in total. The summed E-state index contributed by atoms with van der Waals surface area (Å²) < 4.78 is 7.64. The van der Waals surface area contributed by atoms with Gasteiger partial charge in [0.1, 0.15) is 18.2 Å². The number of aromatic nitrogens is 4. The van der Waals surface area contributed by atoms with Gasteiger partial charge in [0.05, 0.1) is 31.3 Å². The number of aliphatic hydroxyl groups excluding tert-OH is 1. The van der Waals surface area contributed by atoms with Crippen LogP contribution in [-0.2, 0) is 11.3 Å². The van der Waals surface area contributed by atoms with Crippen molar-refractivity contribution in [2.75, 3.05) is 31.2 Å². The van der Waals surface area contributed by atoms with Crippen LogP contribution < -0.4 is 4.90 Å². The summed E-state index contributed by atoms with van der Waals surface area (Å²) in [7, 11) is 0. The number of rotatable bonds is 4. The summed E-state index contributed by atoms with van der Waals surface area (Å²) in [4.78, 5) is 11.0. The molecule has 1 saturated heterocycles. The van der Waals surface area contributed by atoms with E-state index in [4.69, 9.17) is 9.84 Å². The van der Waals surface area contributed by atoms with Crippen LogP contribution in [-0.4, -0.2) is 51.2 Å². The number of hydrogen-bond donors (Lipinski definition) is 1. The molecule has 1 atom stereocenters. The van der Waals surface area contributed by atoms with Crippen molar-refractivity contribution in [2.24, 2.45) is 0 Å². The molecule has 0 spiro atoms. The lowest BCUT2D eigenvalue weighted by Crippen LogP contribution is -2.39. The van der Waals surface area contributed by atoms with Crippen LogP contribution in [0.3, 0.4) is 0 Å². The quantitative estimate of drug-likeness (QED) is 0.781. The van der Waals surface area contributed by atoms with E-state index in [0.29, 0.717) is 13.2 Å². The molecule has 0 aliphatic carbocycles. The Morgan fingerprint density at radius 1 is 1.21 bits per heavy atom. The van der Waals surface area contributed by atoms with Gasteiger partial charge in [-0.1, -0.05) is 30.3 Å². The Balaban J connectivity index is 1.65. The van der Waals surface area contributed by atoms with Crippen molar-refractivity contribution in [3.8, 4) is 0 Å². The maximum Gasteiger partial charge on any atom is 0.163 e. The van der Waals surface area contributed by atoms with Crippen molar-refractivity contribution >= 4 is 16.9 Å². The van der Waals surface area contributed by atoms with Crippen molar-refractivity contribution in [1.82, 2.24) is 19.7 Å². The molecule has 1 aliphatic rings. The number of nitrogens with zero attached hydrogens (tertiary/aromatic N) is 5. The monoisotopic (exact) mass is 325 g/mol. The number of benzene rings is 1. The van der Waals surface area contributed by atoms with Gasteiger partial charge in [0.2, 0.25) is 0 Å². The first-order chi connectivity index (χ1) is 11.9. The molecule has 124 valence electrons. The molecule has 4 rings (SSSR count). The lowest BCUT2D eigenvalue weighted by molar-refractivity contribution is 0.0396. The zero-order valence-corrected chi connectivity index (χ0v) is 13.2. The van der Waals surface area contributed by atoms with E-state index in [1.165, 1.54) is 5.56 Å². The van der Waals surface area contributed by atoms with Crippen molar-refractivity contribution in [2.45, 2.75) is 12.6 Å². The first-order valence-corrected chi connectivity index (χ1v) is 8.05. The summed E-state index contributed by atoms with van der Waals surface area (Å²) in [6, 6.07) is 10.2. The average Bonchev–Trinajstić information content (AvgIpc) is 3.06. The molecule has 7 heteroatoms. The third-order valence-electron chi connectivity index (χ3n) is 4.26. The summed E-state index contributed by atoms with van der Waals surface area (Å²) in [6.07, 6.45) is 3.35. The van der Waals surface area contributed by atoms with E-state index < -0.39 is 0 Å². The zero-order chi connectivity index (χ0) is 16.4. The van der Waals surface area contributed by atoms with Crippen molar-refractivity contribution < 1.29 is 9.84 Å². The van der Waals surface area contributed by atoms with Crippen LogP contribution >= 0.6 is 0 Å². The Morgan fingerprint density at radius 3 is 2.92 bits per heavy atom. The van der Waals surface area contributed by atoms with E-state index in [-0.39, 0.29) is 12.7 Å². The molecule has 0 radical (unpaired) electrons. The van der Waals surface area contributed by atoms with Gasteiger partial charge in [0.25, 0.3) is 0 Å². The summed E-state index contributed by atoms with van der Waals surface area (Å²) in [5.41, 5.74) is 1.92. The van der Waals surface area contributed by atoms with Gasteiger partial charge >= 0.3 is 0 Å². The molecule has 0 bridgehead atoms. The highest BCUT2D eigenvalue weighted by Crippen LogP contribution is 2.28. The molecular weight excluding hydrogens is 306 g/mol. The summed E-state index contributed by atoms with van der Waals surface area (Å²) in [6.45, 7) is 2.62. The lowest BCUT2D eigenvalue weighted by atomic mass is 10.1. The number of fused-ring (bicyclic) bond motifs is 1. The SMILES string of the molecule is OCCn1ncc2c(N3CCO[C@H](c4ccccc4)C3)ncnc21. The Bertz CT molecular complexity index is 820. The minimum Gasteiger partial charge on any atom is -0.394 e. The number of morpholine rings is 1. The van der Waals surface area contributed by atoms with Gasteiger partial charge in [-0.3, -0.25) is 0 Å². The van der Waals surface area contributed by atoms with Crippen LogP contribution in [0.15, 0.2) is 42.9 Å². The maximum absolute atomic E-state index is 9.15. The number of ether oxygens (including phenoxy) is 1. The molecule has 3 heterocycles. The smallest absolute Gasteiger partial charge is 0.163 e. The van der Waals surface area contributed by atoms with Gasteiger partial charge in [-0.2, -0.15) is 5.10 Å². The van der Waals surface area contributed by atoms with Crippen LogP contribution in [0.2, 0.25) is 0 Å². The summed E-state index contributed by atoms with van der Waals surface area (Å²) >= 11 is 0. The van der Waals surface area contributed by atoms with E-state index in [2.05, 4.69) is 32.1 Å². The second-order valence-corrected chi connectivity index (χ2v) is 5.74. The predicted molar refractivity (Wildman–Crippen MR) is 89.8 cm³/mol. The van der Waals surface area contributed by atoms with Crippen molar-refractivity contribution in [3.05, 3.63) is 48.4 Å². The van der Waals surface area contributed by atoms with E-state index in [1.807, 2.05) is 18.2 Å². The average molecular weight is 325 g/mol. The molecule has 1 aliphatic heterocycles. The Hall–Kier alpha value is -2.51. The maximum atomic E-state index is 9.15. The highest BCUT2D eigenvalue weighted by molar-refractivity contribution is 5.86. The molecule has 1 aromatic carbocycles. The third-order valence-corrected chi connectivity index (χ3v) is 4.26. The van der Waals surface area contributed by atoms with E-state index in [9.17, 15) is 0 Å². The minimum absolute atomic E-state index is 0.0254. The molecular formula is C17H19N5O2. The molecule has 0 saturated carbocycles. The minimum atomic E-state index is 0.0254. The van der Waals surface area contributed by atoms with Gasteiger partial charge in [0.15, 0.2) is 5.65 Å². The molecule has 0 amide bonds. The largest absolute Gasteiger partial charge is 0.394 e. The first-order valence-electron chi connectivity index (χ1n) is 8.05. The van der Waals surface area contributed by atoms with Crippen LogP contribution in [0.25, 0.3) is 11.0 Å². The fourth-order valence-corrected chi connectivity index (χ4v) is 3.10. The number of hydrogen-bond acceptors (Lipinski definition) is 6. The zero-order valence-electron chi connectivity index (χ0n) is 13.2. The molecule has 24 heavy (non-hydrogen) atoms. The Kier molecular flexibility index (Phi) is 4.10. The second-order valence-electron chi connectivity index (χ2n) is 5.74. The van der Waals surface area contributed by atoms with Gasteiger partial charge in [-0.25, -0.2) is 14.6 Å². The van der Waals surface area contributed by atoms with E-state index in [0.717, 1.165) is 29.9 Å². The summed E-state index contributed by atoms with van der Waals surface area (Å²) in [5, 5.41) is 14.4. The van der Waals surface area contributed by atoms with Crippen molar-refractivity contribution in [3.63, 3.8) is 0 Å². The highest BCUT2D eigenvalue weighted by atomic mass is 16.5. The molecule has 7 nitrogen and oxygen atoms in total. The van der Waals surface area contributed by atoms with Crippen molar-refractivity contribution in [1.29, 1.82) is 0 Å². The Labute approximate surface area is 139 Å². The molecule has 0 unspecified atom stereocenters. The first kappa shape index (κ1) is 15.0. The van der Waals surface area contributed by atoms with Gasteiger partial charge in [0, 0.05) is 13.1 Å². The molecule has 2 aromatic heterocycles. The molecule has 3 aromatic rings. The third kappa shape index (κ3) is 2.72. The Morgan fingerprint density at radius 2 is 2.08 bits per heavy atom. The second kappa shape index (κ2) is 6.54. The van der Waals surface area contributed by atoms with Gasteiger partial charge in [-0.15, -0.1) is 0 Å². The fourth-order valence-electron chi connectivity index (χ4n) is 3.10. The summed E-state index contributed by atoms with van der Waals surface area (Å²) in [5.74, 6) is 0.869. The number of aliphatic hydroxyl groups is 1. The van der Waals surface area contributed by atoms with Crippen LogP contribution in [0.4, 0.5) is 5.82 Å². The van der Waals surface area contributed by atoms with Gasteiger partial charge < -0.3 is 14.7 Å². The standard InChI is InChI=1S/C17H19N5O2/c23-8-6-22-17-14(10-20-22)16(18-12-19-17)21-7-9-24-15(11-21)13-4-2-1-3-5-13/h1-5,10,12,15,23H,6-9,11H2/t15-/m0/s1. The van der Waals surface area contributed by atoms with E-state index in [1.54, 1.807) is 17.2 Å². The fraction of sp³-hybridized carbons (Fsp3) is 0.353. The highest BCUT2D eigenvalue weighted by Gasteiger charge is 2.25. The van der Waals surface area contributed by atoms with Gasteiger partial charge in [-0.05, 0) is 5.56 Å².